The predicted octanol–water partition coefficient (Wildman–Crippen LogP) is 2.85. The van der Waals surface area contributed by atoms with E-state index in [4.69, 9.17) is 0 Å². The number of anilines is 1. The summed E-state index contributed by atoms with van der Waals surface area (Å²) in [5.74, 6) is 0.768. The van der Waals surface area contributed by atoms with Gasteiger partial charge < -0.3 is 5.32 Å². The van der Waals surface area contributed by atoms with Crippen molar-refractivity contribution in [1.29, 1.82) is 0 Å². The van der Waals surface area contributed by atoms with Crippen molar-refractivity contribution in [3.05, 3.63) is 60.9 Å². The standard InChI is InChI=1S/C17H14N6OS/c24-14(11-25-15-10-18-22-21-15)20-17-16(12-6-2-1-3-7-12)19-13-8-4-5-9-23(13)17/h1-10H,11H2,(H,20,24)(H,18,21,22). The van der Waals surface area contributed by atoms with Gasteiger partial charge in [0.25, 0.3) is 0 Å². The van der Waals surface area contributed by atoms with Gasteiger partial charge in [0.2, 0.25) is 5.91 Å². The molecule has 4 rings (SSSR count). The zero-order valence-corrected chi connectivity index (χ0v) is 13.9. The SMILES string of the molecule is O=C(CSc1cn[nH]n1)Nc1c(-c2ccccc2)nc2ccccn12. The lowest BCUT2D eigenvalue weighted by Crippen LogP contribution is -2.16. The second-order valence-electron chi connectivity index (χ2n) is 5.25. The van der Waals surface area contributed by atoms with E-state index in [1.54, 1.807) is 6.20 Å². The topological polar surface area (TPSA) is 88.0 Å². The van der Waals surface area contributed by atoms with Crippen molar-refractivity contribution in [2.75, 3.05) is 11.1 Å². The maximum atomic E-state index is 12.4. The Kier molecular flexibility index (Phi) is 4.17. The summed E-state index contributed by atoms with van der Waals surface area (Å²) in [4.78, 5) is 17.1. The molecule has 1 aromatic carbocycles. The van der Waals surface area contributed by atoms with Gasteiger partial charge in [-0.05, 0) is 12.1 Å². The van der Waals surface area contributed by atoms with Gasteiger partial charge in [-0.25, -0.2) is 4.98 Å². The van der Waals surface area contributed by atoms with Crippen LogP contribution < -0.4 is 5.32 Å². The maximum absolute atomic E-state index is 12.4. The molecule has 1 amide bonds. The average Bonchev–Trinajstić information content (AvgIpc) is 3.29. The molecule has 25 heavy (non-hydrogen) atoms. The number of aromatic nitrogens is 5. The molecule has 0 saturated carbocycles. The van der Waals surface area contributed by atoms with E-state index in [0.29, 0.717) is 10.8 Å². The van der Waals surface area contributed by atoms with Crippen molar-refractivity contribution in [3.8, 4) is 11.3 Å². The second kappa shape index (κ2) is 6.78. The fourth-order valence-corrected chi connectivity index (χ4v) is 3.06. The van der Waals surface area contributed by atoms with Crippen LogP contribution in [-0.4, -0.2) is 36.5 Å². The number of nitrogens with one attached hydrogen (secondary N) is 2. The Balaban J connectivity index is 1.64. The molecular formula is C17H14N6OS. The highest BCUT2D eigenvalue weighted by Crippen LogP contribution is 2.28. The number of rotatable bonds is 5. The minimum absolute atomic E-state index is 0.129. The Morgan fingerprint density at radius 1 is 1.16 bits per heavy atom. The van der Waals surface area contributed by atoms with Crippen LogP contribution >= 0.6 is 11.8 Å². The van der Waals surface area contributed by atoms with E-state index >= 15 is 0 Å². The quantitative estimate of drug-likeness (QED) is 0.540. The normalized spacial score (nSPS) is 10.9. The first-order valence-corrected chi connectivity index (χ1v) is 8.61. The van der Waals surface area contributed by atoms with Crippen LogP contribution in [-0.2, 0) is 4.79 Å². The van der Waals surface area contributed by atoms with Crippen molar-refractivity contribution in [3.63, 3.8) is 0 Å². The first-order valence-electron chi connectivity index (χ1n) is 7.62. The molecule has 0 bridgehead atoms. The molecule has 0 fully saturated rings. The van der Waals surface area contributed by atoms with Gasteiger partial charge in [0.1, 0.15) is 22.2 Å². The maximum Gasteiger partial charge on any atom is 0.235 e. The number of thioether (sulfide) groups is 1. The molecule has 7 nitrogen and oxygen atoms in total. The smallest absolute Gasteiger partial charge is 0.235 e. The molecule has 0 aliphatic rings. The monoisotopic (exact) mass is 350 g/mol. The molecule has 0 atom stereocenters. The number of hydrogen-bond acceptors (Lipinski definition) is 5. The number of carbonyl (C=O) groups excluding carboxylic acids is 1. The fraction of sp³-hybridized carbons (Fsp3) is 0.0588. The van der Waals surface area contributed by atoms with Crippen LogP contribution in [0.4, 0.5) is 5.82 Å². The van der Waals surface area contributed by atoms with Crippen LogP contribution in [0.15, 0.2) is 66.0 Å². The van der Waals surface area contributed by atoms with E-state index in [1.165, 1.54) is 11.8 Å². The Hall–Kier alpha value is -3.13. The Labute approximate surface area is 147 Å². The molecule has 0 unspecified atom stereocenters. The van der Waals surface area contributed by atoms with Crippen LogP contribution in [0.5, 0.6) is 0 Å². The summed E-state index contributed by atoms with van der Waals surface area (Å²) < 4.78 is 1.88. The van der Waals surface area contributed by atoms with Gasteiger partial charge in [-0.2, -0.15) is 10.3 Å². The van der Waals surface area contributed by atoms with Gasteiger partial charge in [0.15, 0.2) is 0 Å². The summed E-state index contributed by atoms with van der Waals surface area (Å²) in [5, 5.41) is 13.8. The zero-order chi connectivity index (χ0) is 17.1. The number of pyridine rings is 1. The molecule has 0 spiro atoms. The first-order chi connectivity index (χ1) is 12.3. The third kappa shape index (κ3) is 3.24. The van der Waals surface area contributed by atoms with Crippen molar-refractivity contribution in [2.24, 2.45) is 0 Å². The van der Waals surface area contributed by atoms with Crippen molar-refractivity contribution >= 4 is 29.1 Å². The number of nitrogens with zero attached hydrogens (tertiary/aromatic N) is 4. The molecule has 4 aromatic rings. The number of carbonyl (C=O) groups is 1. The number of amides is 1. The van der Waals surface area contributed by atoms with Gasteiger partial charge in [-0.1, -0.05) is 48.2 Å². The van der Waals surface area contributed by atoms with Crippen molar-refractivity contribution < 1.29 is 4.79 Å². The lowest BCUT2D eigenvalue weighted by molar-refractivity contribution is -0.113. The average molecular weight is 350 g/mol. The van der Waals surface area contributed by atoms with E-state index < -0.39 is 0 Å². The summed E-state index contributed by atoms with van der Waals surface area (Å²) in [7, 11) is 0. The predicted molar refractivity (Wildman–Crippen MR) is 96.4 cm³/mol. The molecule has 0 saturated heterocycles. The molecular weight excluding hydrogens is 336 g/mol. The second-order valence-corrected chi connectivity index (χ2v) is 6.24. The summed E-state index contributed by atoms with van der Waals surface area (Å²) in [6.07, 6.45) is 3.47. The summed E-state index contributed by atoms with van der Waals surface area (Å²) >= 11 is 1.32. The fourth-order valence-electron chi connectivity index (χ4n) is 2.48. The van der Waals surface area contributed by atoms with E-state index in [1.807, 2.05) is 59.1 Å². The van der Waals surface area contributed by atoms with Gasteiger partial charge in [0.05, 0.1) is 11.9 Å². The molecule has 2 N–H and O–H groups in total. The number of fused-ring (bicyclic) bond motifs is 1. The molecule has 0 aliphatic carbocycles. The van der Waals surface area contributed by atoms with Gasteiger partial charge in [-0.15, -0.1) is 5.10 Å². The molecule has 124 valence electrons. The van der Waals surface area contributed by atoms with E-state index in [-0.39, 0.29) is 11.7 Å². The van der Waals surface area contributed by atoms with Crippen LogP contribution in [0.25, 0.3) is 16.9 Å². The third-order valence-corrected chi connectivity index (χ3v) is 4.48. The van der Waals surface area contributed by atoms with Crippen molar-refractivity contribution in [1.82, 2.24) is 24.8 Å². The van der Waals surface area contributed by atoms with Gasteiger partial charge in [-0.3, -0.25) is 9.20 Å². The van der Waals surface area contributed by atoms with Crippen LogP contribution in [0.1, 0.15) is 0 Å². The minimum atomic E-state index is -0.129. The Bertz CT molecular complexity index is 997. The minimum Gasteiger partial charge on any atom is -0.309 e. The lowest BCUT2D eigenvalue weighted by atomic mass is 10.1. The highest BCUT2D eigenvalue weighted by molar-refractivity contribution is 7.99. The van der Waals surface area contributed by atoms with Crippen molar-refractivity contribution in [2.45, 2.75) is 5.03 Å². The summed E-state index contributed by atoms with van der Waals surface area (Å²) in [6.45, 7) is 0. The Morgan fingerprint density at radius 3 is 2.80 bits per heavy atom. The third-order valence-electron chi connectivity index (χ3n) is 3.58. The van der Waals surface area contributed by atoms with E-state index in [2.05, 4.69) is 25.7 Å². The van der Waals surface area contributed by atoms with Crippen LogP contribution in [0, 0.1) is 0 Å². The molecule has 0 radical (unpaired) electrons. The molecule has 0 aliphatic heterocycles. The lowest BCUT2D eigenvalue weighted by Gasteiger charge is -2.07. The zero-order valence-electron chi connectivity index (χ0n) is 13.1. The number of benzene rings is 1. The highest BCUT2D eigenvalue weighted by atomic mass is 32.2. The number of H-pyrrole nitrogens is 1. The van der Waals surface area contributed by atoms with Crippen LogP contribution in [0.3, 0.4) is 0 Å². The van der Waals surface area contributed by atoms with Crippen LogP contribution in [0.2, 0.25) is 0 Å². The molecule has 8 heteroatoms. The summed E-state index contributed by atoms with van der Waals surface area (Å²) in [5.41, 5.74) is 2.47. The number of aromatic amines is 1. The number of imidazole rings is 1. The largest absolute Gasteiger partial charge is 0.309 e. The molecule has 3 aromatic heterocycles. The molecule has 3 heterocycles. The van der Waals surface area contributed by atoms with Gasteiger partial charge >= 0.3 is 0 Å². The van der Waals surface area contributed by atoms with E-state index in [0.717, 1.165) is 16.9 Å². The summed E-state index contributed by atoms with van der Waals surface area (Å²) in [6, 6.07) is 15.5. The van der Waals surface area contributed by atoms with Gasteiger partial charge in [0, 0.05) is 11.8 Å². The number of hydrogen-bond donors (Lipinski definition) is 2. The Morgan fingerprint density at radius 2 is 2.00 bits per heavy atom. The first kappa shape index (κ1) is 15.4. The van der Waals surface area contributed by atoms with E-state index in [9.17, 15) is 4.79 Å². The highest BCUT2D eigenvalue weighted by Gasteiger charge is 2.16.